The summed E-state index contributed by atoms with van der Waals surface area (Å²) in [5.41, 5.74) is 8.41. The lowest BCUT2D eigenvalue weighted by Gasteiger charge is -2.13. The summed E-state index contributed by atoms with van der Waals surface area (Å²) in [7, 11) is 0. The number of aromatic nitrogens is 3. The predicted molar refractivity (Wildman–Crippen MR) is 82.8 cm³/mol. The number of nitrogens with two attached hydrogens (primary N) is 1. The van der Waals surface area contributed by atoms with Crippen molar-refractivity contribution in [3.63, 3.8) is 0 Å². The molecule has 2 heterocycles. The van der Waals surface area contributed by atoms with Crippen LogP contribution < -0.4 is 5.73 Å². The summed E-state index contributed by atoms with van der Waals surface area (Å²) in [6.45, 7) is 4.22. The summed E-state index contributed by atoms with van der Waals surface area (Å²) in [5.74, 6) is 1.36. The number of anilines is 1. The van der Waals surface area contributed by atoms with Gasteiger partial charge in [-0.1, -0.05) is 17.7 Å². The highest BCUT2D eigenvalue weighted by molar-refractivity contribution is 6.35. The lowest BCUT2D eigenvalue weighted by molar-refractivity contribution is 0.624. The molecule has 2 N–H and O–H groups in total. The molecule has 0 aliphatic rings. The van der Waals surface area contributed by atoms with Crippen LogP contribution in [0, 0.1) is 0 Å². The van der Waals surface area contributed by atoms with Crippen LogP contribution in [0.2, 0.25) is 5.02 Å². The molecule has 0 saturated heterocycles. The van der Waals surface area contributed by atoms with Crippen LogP contribution in [-0.4, -0.2) is 14.5 Å². The number of nitrogen functional groups attached to an aromatic ring is 1. The number of halogens is 1. The third-order valence-corrected chi connectivity index (χ3v) is 3.53. The molecule has 0 aliphatic heterocycles. The van der Waals surface area contributed by atoms with E-state index in [2.05, 4.69) is 23.4 Å². The molecule has 0 unspecified atom stereocenters. The zero-order valence-corrected chi connectivity index (χ0v) is 12.1. The lowest BCUT2D eigenvalue weighted by Crippen LogP contribution is -2.03. The fourth-order valence-electron chi connectivity index (χ4n) is 2.35. The van der Waals surface area contributed by atoms with Crippen molar-refractivity contribution in [2.45, 2.75) is 19.9 Å². The fourth-order valence-corrected chi connectivity index (χ4v) is 2.61. The van der Waals surface area contributed by atoms with Gasteiger partial charge in [-0.2, -0.15) is 0 Å². The van der Waals surface area contributed by atoms with Gasteiger partial charge in [0.1, 0.15) is 11.6 Å². The summed E-state index contributed by atoms with van der Waals surface area (Å²) in [6, 6.07) is 9.71. The number of hydrogen-bond donors (Lipinski definition) is 1. The van der Waals surface area contributed by atoms with Crippen molar-refractivity contribution in [1.29, 1.82) is 0 Å². The number of hydrogen-bond acceptors (Lipinski definition) is 3. The van der Waals surface area contributed by atoms with Crippen molar-refractivity contribution in [3.8, 4) is 11.4 Å². The lowest BCUT2D eigenvalue weighted by atomic mass is 10.2. The van der Waals surface area contributed by atoms with Gasteiger partial charge in [0.2, 0.25) is 0 Å². The highest BCUT2D eigenvalue weighted by Gasteiger charge is 2.17. The molecule has 1 aromatic carbocycles. The fraction of sp³-hybridized carbons (Fsp3) is 0.200. The molecule has 20 heavy (non-hydrogen) atoms. The van der Waals surface area contributed by atoms with Crippen molar-refractivity contribution in [1.82, 2.24) is 14.5 Å². The third kappa shape index (κ3) is 2.02. The minimum atomic E-state index is 0.243. The first kappa shape index (κ1) is 12.9. The van der Waals surface area contributed by atoms with Gasteiger partial charge in [0, 0.05) is 17.8 Å². The Hall–Kier alpha value is -2.07. The number of nitrogens with zero attached hydrogens (tertiary/aromatic N) is 3. The van der Waals surface area contributed by atoms with Crippen LogP contribution >= 0.6 is 11.6 Å². The van der Waals surface area contributed by atoms with Gasteiger partial charge in [0.15, 0.2) is 0 Å². The Kier molecular flexibility index (Phi) is 3.10. The van der Waals surface area contributed by atoms with Crippen molar-refractivity contribution >= 4 is 28.5 Å². The monoisotopic (exact) mass is 286 g/mol. The Bertz CT molecular complexity index is 759. The van der Waals surface area contributed by atoms with E-state index in [0.29, 0.717) is 10.8 Å². The molecule has 0 bridgehead atoms. The van der Waals surface area contributed by atoms with Gasteiger partial charge in [-0.25, -0.2) is 9.97 Å². The van der Waals surface area contributed by atoms with Crippen molar-refractivity contribution < 1.29 is 0 Å². The van der Waals surface area contributed by atoms with Crippen LogP contribution in [0.4, 0.5) is 5.82 Å². The molecule has 2 aromatic heterocycles. The van der Waals surface area contributed by atoms with Crippen LogP contribution in [-0.2, 0) is 0 Å². The van der Waals surface area contributed by atoms with Gasteiger partial charge >= 0.3 is 0 Å². The molecule has 5 heteroatoms. The summed E-state index contributed by atoms with van der Waals surface area (Å²) in [5, 5.41) is 0.707. The van der Waals surface area contributed by atoms with Crippen molar-refractivity contribution in [2.75, 3.05) is 5.73 Å². The van der Waals surface area contributed by atoms with Crippen LogP contribution in [0.1, 0.15) is 19.9 Å². The number of para-hydroxylation sites is 1. The van der Waals surface area contributed by atoms with E-state index in [1.54, 1.807) is 12.3 Å². The SMILES string of the molecule is CC(C)n1c(-c2ccc(N)nc2)nc2cccc(Cl)c21. The maximum absolute atomic E-state index is 6.34. The molecule has 0 aliphatic carbocycles. The van der Waals surface area contributed by atoms with Gasteiger partial charge in [-0.3, -0.25) is 0 Å². The first-order valence-electron chi connectivity index (χ1n) is 6.46. The van der Waals surface area contributed by atoms with Crippen molar-refractivity contribution in [2.24, 2.45) is 0 Å². The molecule has 0 radical (unpaired) electrons. The number of imidazole rings is 1. The summed E-state index contributed by atoms with van der Waals surface area (Å²) in [6.07, 6.45) is 1.74. The van der Waals surface area contributed by atoms with Gasteiger partial charge in [-0.05, 0) is 38.1 Å². The first-order valence-corrected chi connectivity index (χ1v) is 6.84. The number of rotatable bonds is 2. The topological polar surface area (TPSA) is 56.7 Å². The molecule has 3 rings (SSSR count). The van der Waals surface area contributed by atoms with Crippen LogP contribution in [0.5, 0.6) is 0 Å². The quantitative estimate of drug-likeness (QED) is 0.777. The summed E-state index contributed by atoms with van der Waals surface area (Å²) < 4.78 is 2.13. The minimum absolute atomic E-state index is 0.243. The molecule has 0 saturated carbocycles. The van der Waals surface area contributed by atoms with Crippen molar-refractivity contribution in [3.05, 3.63) is 41.6 Å². The van der Waals surface area contributed by atoms with E-state index in [4.69, 9.17) is 22.3 Å². The highest BCUT2D eigenvalue weighted by Crippen LogP contribution is 2.32. The zero-order valence-electron chi connectivity index (χ0n) is 11.3. The molecule has 0 atom stereocenters. The largest absolute Gasteiger partial charge is 0.384 e. The number of fused-ring (bicyclic) bond motifs is 1. The zero-order chi connectivity index (χ0) is 14.3. The van der Waals surface area contributed by atoms with E-state index in [0.717, 1.165) is 22.4 Å². The number of benzene rings is 1. The molecule has 4 nitrogen and oxygen atoms in total. The second-order valence-electron chi connectivity index (χ2n) is 4.98. The molecular weight excluding hydrogens is 272 g/mol. The van der Waals surface area contributed by atoms with E-state index < -0.39 is 0 Å². The normalized spacial score (nSPS) is 11.4. The first-order chi connectivity index (χ1) is 9.58. The van der Waals surface area contributed by atoms with Gasteiger partial charge < -0.3 is 10.3 Å². The Morgan fingerprint density at radius 2 is 2.00 bits per heavy atom. The van der Waals surface area contributed by atoms with Crippen LogP contribution in [0.3, 0.4) is 0 Å². The molecule has 3 aromatic rings. The summed E-state index contributed by atoms with van der Waals surface area (Å²) >= 11 is 6.34. The molecule has 0 fully saturated rings. The van der Waals surface area contributed by atoms with E-state index >= 15 is 0 Å². The highest BCUT2D eigenvalue weighted by atomic mass is 35.5. The maximum atomic E-state index is 6.34. The van der Waals surface area contributed by atoms with E-state index in [9.17, 15) is 0 Å². The Morgan fingerprint density at radius 1 is 1.20 bits per heavy atom. The van der Waals surface area contributed by atoms with E-state index in [-0.39, 0.29) is 6.04 Å². The molecular formula is C15H15ClN4. The van der Waals surface area contributed by atoms with Crippen LogP contribution in [0.15, 0.2) is 36.5 Å². The average molecular weight is 287 g/mol. The Labute approximate surface area is 122 Å². The Balaban J connectivity index is 2.32. The predicted octanol–water partition coefficient (Wildman–Crippen LogP) is 3.91. The average Bonchev–Trinajstić information content (AvgIpc) is 2.80. The summed E-state index contributed by atoms with van der Waals surface area (Å²) in [4.78, 5) is 8.83. The standard InChI is InChI=1S/C15H15ClN4/c1-9(2)20-14-11(16)4-3-5-12(14)19-15(20)10-6-7-13(17)18-8-10/h3-9H,1-2H3,(H2,17,18). The molecule has 0 amide bonds. The second kappa shape index (κ2) is 4.80. The van der Waals surface area contributed by atoms with E-state index in [1.165, 1.54) is 0 Å². The van der Waals surface area contributed by atoms with Crippen LogP contribution in [0.25, 0.3) is 22.4 Å². The molecule has 102 valence electrons. The third-order valence-electron chi connectivity index (χ3n) is 3.22. The number of pyridine rings is 1. The van der Waals surface area contributed by atoms with Gasteiger partial charge in [0.25, 0.3) is 0 Å². The molecule has 0 spiro atoms. The smallest absolute Gasteiger partial charge is 0.142 e. The van der Waals surface area contributed by atoms with E-state index in [1.807, 2.05) is 24.3 Å². The second-order valence-corrected chi connectivity index (χ2v) is 5.39. The van der Waals surface area contributed by atoms with Gasteiger partial charge in [0.05, 0.1) is 16.1 Å². The Morgan fingerprint density at radius 3 is 2.65 bits per heavy atom. The van der Waals surface area contributed by atoms with Gasteiger partial charge in [-0.15, -0.1) is 0 Å². The maximum Gasteiger partial charge on any atom is 0.142 e. The minimum Gasteiger partial charge on any atom is -0.384 e.